The number of hydrogen-bond acceptors (Lipinski definition) is 4. The van der Waals surface area contributed by atoms with E-state index in [0.29, 0.717) is 6.04 Å². The van der Waals surface area contributed by atoms with E-state index in [1.54, 1.807) is 0 Å². The zero-order valence-electron chi connectivity index (χ0n) is 10.7. The molecule has 18 heavy (non-hydrogen) atoms. The van der Waals surface area contributed by atoms with Crippen molar-refractivity contribution in [2.75, 3.05) is 0 Å². The van der Waals surface area contributed by atoms with E-state index in [0.717, 1.165) is 30.8 Å². The molecule has 0 bridgehead atoms. The molecule has 0 aromatic carbocycles. The summed E-state index contributed by atoms with van der Waals surface area (Å²) in [6.45, 7) is 4.73. The van der Waals surface area contributed by atoms with E-state index in [1.165, 1.54) is 16.8 Å². The van der Waals surface area contributed by atoms with Gasteiger partial charge >= 0.3 is 0 Å². The molecule has 0 amide bonds. The van der Waals surface area contributed by atoms with Gasteiger partial charge in [0.25, 0.3) is 0 Å². The molecule has 2 aromatic rings. The molecule has 0 aliphatic heterocycles. The molecule has 94 valence electrons. The summed E-state index contributed by atoms with van der Waals surface area (Å²) >= 11 is 0. The highest BCUT2D eigenvalue weighted by atomic mass is 16.5. The van der Waals surface area contributed by atoms with Crippen LogP contribution in [-0.4, -0.2) is 10.1 Å². The van der Waals surface area contributed by atoms with E-state index in [-0.39, 0.29) is 0 Å². The molecule has 2 aromatic heterocycles. The zero-order valence-corrected chi connectivity index (χ0v) is 10.7. The highest BCUT2D eigenvalue weighted by Gasteiger charge is 2.23. The topological polar surface area (TPSA) is 51.0 Å². The van der Waals surface area contributed by atoms with E-state index in [2.05, 4.69) is 21.5 Å². The first-order chi connectivity index (χ1) is 8.75. The van der Waals surface area contributed by atoms with Crippen molar-refractivity contribution in [3.8, 4) is 0 Å². The quantitative estimate of drug-likeness (QED) is 0.899. The summed E-state index contributed by atoms with van der Waals surface area (Å²) in [5.74, 6) is 0.902. The van der Waals surface area contributed by atoms with E-state index in [9.17, 15) is 0 Å². The van der Waals surface area contributed by atoms with Crippen LogP contribution in [0.1, 0.15) is 40.7 Å². The van der Waals surface area contributed by atoms with Crippen LogP contribution in [0.25, 0.3) is 0 Å². The summed E-state index contributed by atoms with van der Waals surface area (Å²) < 4.78 is 5.17. The fourth-order valence-electron chi connectivity index (χ4n) is 2.59. The lowest BCUT2D eigenvalue weighted by atomic mass is 10.1. The minimum Gasteiger partial charge on any atom is -0.361 e. The van der Waals surface area contributed by atoms with Gasteiger partial charge in [-0.2, -0.15) is 0 Å². The summed E-state index contributed by atoms with van der Waals surface area (Å²) in [4.78, 5) is 4.48. The fraction of sp³-hybridized carbons (Fsp3) is 0.429. The number of rotatable bonds is 3. The van der Waals surface area contributed by atoms with Gasteiger partial charge in [-0.05, 0) is 38.3 Å². The van der Waals surface area contributed by atoms with Gasteiger partial charge in [0.2, 0.25) is 0 Å². The van der Waals surface area contributed by atoms with Crippen LogP contribution in [0.4, 0.5) is 0 Å². The number of pyridine rings is 1. The predicted molar refractivity (Wildman–Crippen MR) is 68.1 cm³/mol. The van der Waals surface area contributed by atoms with Crippen molar-refractivity contribution in [2.45, 2.75) is 39.3 Å². The summed E-state index contributed by atoms with van der Waals surface area (Å²) in [7, 11) is 0. The van der Waals surface area contributed by atoms with E-state index < -0.39 is 0 Å². The van der Waals surface area contributed by atoms with Gasteiger partial charge in [0.15, 0.2) is 0 Å². The maximum atomic E-state index is 5.17. The second kappa shape index (κ2) is 4.53. The third kappa shape index (κ3) is 1.93. The molecule has 1 aliphatic carbocycles. The van der Waals surface area contributed by atoms with Crippen LogP contribution in [0.3, 0.4) is 0 Å². The Morgan fingerprint density at radius 1 is 1.44 bits per heavy atom. The second-order valence-electron chi connectivity index (χ2n) is 4.82. The maximum absolute atomic E-state index is 5.17. The Morgan fingerprint density at radius 3 is 3.11 bits per heavy atom. The molecule has 0 saturated heterocycles. The van der Waals surface area contributed by atoms with Crippen LogP contribution in [0.2, 0.25) is 0 Å². The fourth-order valence-corrected chi connectivity index (χ4v) is 2.59. The van der Waals surface area contributed by atoms with Crippen LogP contribution >= 0.6 is 0 Å². The van der Waals surface area contributed by atoms with E-state index >= 15 is 0 Å². The Kier molecular flexibility index (Phi) is 2.88. The molecule has 1 atom stereocenters. The normalized spacial score (nSPS) is 18.0. The Morgan fingerprint density at radius 2 is 2.33 bits per heavy atom. The molecular formula is C14H17N3O. The Balaban J connectivity index is 1.72. The molecule has 0 fully saturated rings. The molecule has 2 heterocycles. The van der Waals surface area contributed by atoms with E-state index in [4.69, 9.17) is 4.52 Å². The summed E-state index contributed by atoms with van der Waals surface area (Å²) in [5.41, 5.74) is 4.71. The Bertz CT molecular complexity index is 542. The molecule has 4 heteroatoms. The molecule has 1 unspecified atom stereocenters. The van der Waals surface area contributed by atoms with Crippen molar-refractivity contribution in [1.29, 1.82) is 0 Å². The van der Waals surface area contributed by atoms with Gasteiger partial charge < -0.3 is 9.84 Å². The second-order valence-corrected chi connectivity index (χ2v) is 4.82. The molecule has 0 radical (unpaired) electrons. The first-order valence-electron chi connectivity index (χ1n) is 6.34. The zero-order chi connectivity index (χ0) is 12.5. The monoisotopic (exact) mass is 243 g/mol. The lowest BCUT2D eigenvalue weighted by Crippen LogP contribution is -2.20. The van der Waals surface area contributed by atoms with Crippen LogP contribution in [-0.2, 0) is 13.0 Å². The first-order valence-corrected chi connectivity index (χ1v) is 6.34. The van der Waals surface area contributed by atoms with Gasteiger partial charge in [-0.1, -0.05) is 11.2 Å². The van der Waals surface area contributed by atoms with Gasteiger partial charge in [-0.3, -0.25) is 4.98 Å². The summed E-state index contributed by atoms with van der Waals surface area (Å²) in [6.07, 6.45) is 4.10. The number of hydrogen-bond donors (Lipinski definition) is 1. The maximum Gasteiger partial charge on any atom is 0.138 e. The number of fused-ring (bicyclic) bond motifs is 1. The predicted octanol–water partition coefficient (Wildman–Crippen LogP) is 2.46. The lowest BCUT2D eigenvalue weighted by Gasteiger charge is -2.12. The average molecular weight is 243 g/mol. The molecular weight excluding hydrogens is 226 g/mol. The average Bonchev–Trinajstić information content (AvgIpc) is 2.93. The SMILES string of the molecule is Cc1noc(C)c1CNC1CCc2cccnc21. The van der Waals surface area contributed by atoms with Crippen molar-refractivity contribution in [2.24, 2.45) is 0 Å². The van der Waals surface area contributed by atoms with Crippen molar-refractivity contribution >= 4 is 0 Å². The van der Waals surface area contributed by atoms with Crippen LogP contribution < -0.4 is 5.32 Å². The number of nitrogens with one attached hydrogen (secondary N) is 1. The minimum absolute atomic E-state index is 0.356. The summed E-state index contributed by atoms with van der Waals surface area (Å²) in [6, 6.07) is 4.53. The third-order valence-corrected chi connectivity index (χ3v) is 3.66. The highest BCUT2D eigenvalue weighted by molar-refractivity contribution is 5.28. The Labute approximate surface area is 106 Å². The van der Waals surface area contributed by atoms with Gasteiger partial charge in [-0.25, -0.2) is 0 Å². The van der Waals surface area contributed by atoms with Gasteiger partial charge in [0, 0.05) is 18.3 Å². The van der Waals surface area contributed by atoms with Gasteiger partial charge in [0.1, 0.15) is 5.76 Å². The van der Waals surface area contributed by atoms with Crippen LogP contribution in [0.5, 0.6) is 0 Å². The highest BCUT2D eigenvalue weighted by Crippen LogP contribution is 2.29. The number of nitrogens with zero attached hydrogens (tertiary/aromatic N) is 2. The van der Waals surface area contributed by atoms with Crippen molar-refractivity contribution in [1.82, 2.24) is 15.5 Å². The van der Waals surface area contributed by atoms with Gasteiger partial charge in [-0.15, -0.1) is 0 Å². The first kappa shape index (κ1) is 11.4. The van der Waals surface area contributed by atoms with E-state index in [1.807, 2.05) is 26.1 Å². The van der Waals surface area contributed by atoms with Gasteiger partial charge in [0.05, 0.1) is 17.4 Å². The lowest BCUT2D eigenvalue weighted by molar-refractivity contribution is 0.391. The van der Waals surface area contributed by atoms with Crippen molar-refractivity contribution in [3.05, 3.63) is 46.6 Å². The molecule has 1 aliphatic rings. The van der Waals surface area contributed by atoms with Crippen LogP contribution in [0, 0.1) is 13.8 Å². The third-order valence-electron chi connectivity index (χ3n) is 3.66. The smallest absolute Gasteiger partial charge is 0.138 e. The number of aromatic nitrogens is 2. The molecule has 1 N–H and O–H groups in total. The number of aryl methyl sites for hydroxylation is 3. The van der Waals surface area contributed by atoms with Crippen molar-refractivity contribution < 1.29 is 4.52 Å². The van der Waals surface area contributed by atoms with Crippen LogP contribution in [0.15, 0.2) is 22.9 Å². The summed E-state index contributed by atoms with van der Waals surface area (Å²) in [5, 5.41) is 7.53. The molecule has 0 saturated carbocycles. The minimum atomic E-state index is 0.356. The van der Waals surface area contributed by atoms with Crippen molar-refractivity contribution in [3.63, 3.8) is 0 Å². The molecule has 0 spiro atoms. The molecule has 3 rings (SSSR count). The molecule has 4 nitrogen and oxygen atoms in total. The standard InChI is InChI=1S/C14H17N3O/c1-9-12(10(2)18-17-9)8-16-13-6-5-11-4-3-7-15-14(11)13/h3-4,7,13,16H,5-6,8H2,1-2H3. The largest absolute Gasteiger partial charge is 0.361 e. The Hall–Kier alpha value is -1.68.